The molecule has 0 amide bonds. The number of rotatable bonds is 8. The fourth-order valence-corrected chi connectivity index (χ4v) is 2.52. The van der Waals surface area contributed by atoms with E-state index in [0.717, 1.165) is 18.8 Å². The summed E-state index contributed by atoms with van der Waals surface area (Å²) in [5.74, 6) is 0.274. The highest BCUT2D eigenvalue weighted by Gasteiger charge is 2.05. The summed E-state index contributed by atoms with van der Waals surface area (Å²) in [4.78, 5) is 14.0. The van der Waals surface area contributed by atoms with Crippen LogP contribution >= 0.6 is 11.8 Å². The van der Waals surface area contributed by atoms with E-state index in [4.69, 9.17) is 5.11 Å². The van der Waals surface area contributed by atoms with Crippen molar-refractivity contribution in [2.24, 2.45) is 0 Å². The zero-order valence-electron chi connectivity index (χ0n) is 11.1. The lowest BCUT2D eigenvalue weighted by molar-refractivity contribution is -0.137. The van der Waals surface area contributed by atoms with Gasteiger partial charge in [-0.1, -0.05) is 24.6 Å². The first-order valence-electron chi connectivity index (χ1n) is 6.25. The topological polar surface area (TPSA) is 40.5 Å². The highest BCUT2D eigenvalue weighted by molar-refractivity contribution is 7.99. The van der Waals surface area contributed by atoms with Gasteiger partial charge >= 0.3 is 5.97 Å². The van der Waals surface area contributed by atoms with E-state index in [0.29, 0.717) is 6.54 Å². The molecule has 0 saturated carbocycles. The van der Waals surface area contributed by atoms with Crippen LogP contribution in [0.2, 0.25) is 0 Å². The fraction of sp³-hybridized carbons (Fsp3) is 0.500. The van der Waals surface area contributed by atoms with Crippen molar-refractivity contribution in [2.75, 3.05) is 25.4 Å². The molecule has 1 N–H and O–H groups in total. The third kappa shape index (κ3) is 6.07. The standard InChI is InChI=1S/C14H21NO2S/c1-3-15(9-8-14(16)17)10-11-18-13-6-4-12(2)5-7-13/h4-7H,3,8-11H2,1-2H3,(H,16,17). The molecule has 100 valence electrons. The third-order valence-electron chi connectivity index (χ3n) is 2.79. The van der Waals surface area contributed by atoms with Crippen LogP contribution in [-0.2, 0) is 4.79 Å². The van der Waals surface area contributed by atoms with Crippen LogP contribution in [0.15, 0.2) is 29.2 Å². The molecular formula is C14H21NO2S. The fourth-order valence-electron chi connectivity index (χ4n) is 1.61. The number of hydrogen-bond donors (Lipinski definition) is 1. The molecule has 0 heterocycles. The molecule has 3 nitrogen and oxygen atoms in total. The van der Waals surface area contributed by atoms with Crippen molar-refractivity contribution in [1.29, 1.82) is 0 Å². The van der Waals surface area contributed by atoms with Gasteiger partial charge in [0.1, 0.15) is 0 Å². The van der Waals surface area contributed by atoms with E-state index in [2.05, 4.69) is 43.0 Å². The second kappa shape index (κ2) is 8.16. The number of nitrogens with zero attached hydrogens (tertiary/aromatic N) is 1. The van der Waals surface area contributed by atoms with Crippen LogP contribution in [0.3, 0.4) is 0 Å². The van der Waals surface area contributed by atoms with Crippen molar-refractivity contribution in [2.45, 2.75) is 25.2 Å². The van der Waals surface area contributed by atoms with Gasteiger partial charge in [-0.2, -0.15) is 0 Å². The van der Waals surface area contributed by atoms with Crippen molar-refractivity contribution >= 4 is 17.7 Å². The number of thioether (sulfide) groups is 1. The number of carboxylic acids is 1. The SMILES string of the molecule is CCN(CCSc1ccc(C)cc1)CCC(=O)O. The summed E-state index contributed by atoms with van der Waals surface area (Å²) in [6.45, 7) is 6.63. The number of benzene rings is 1. The van der Waals surface area contributed by atoms with Crippen LogP contribution in [0.4, 0.5) is 0 Å². The summed E-state index contributed by atoms with van der Waals surface area (Å²) < 4.78 is 0. The monoisotopic (exact) mass is 267 g/mol. The molecule has 0 aliphatic heterocycles. The molecule has 0 aliphatic carbocycles. The Bertz CT molecular complexity index is 365. The minimum absolute atomic E-state index is 0.225. The Labute approximate surface area is 113 Å². The van der Waals surface area contributed by atoms with E-state index in [9.17, 15) is 4.79 Å². The van der Waals surface area contributed by atoms with Crippen LogP contribution in [0.25, 0.3) is 0 Å². The van der Waals surface area contributed by atoms with Gasteiger partial charge in [-0.3, -0.25) is 4.79 Å². The molecule has 0 saturated heterocycles. The molecule has 0 spiro atoms. The molecule has 0 aromatic heterocycles. The largest absolute Gasteiger partial charge is 0.481 e. The Morgan fingerprint density at radius 1 is 1.28 bits per heavy atom. The van der Waals surface area contributed by atoms with Crippen LogP contribution in [0.5, 0.6) is 0 Å². The molecule has 18 heavy (non-hydrogen) atoms. The summed E-state index contributed by atoms with van der Waals surface area (Å²) in [5, 5.41) is 8.66. The zero-order valence-corrected chi connectivity index (χ0v) is 11.9. The molecule has 0 radical (unpaired) electrons. The first-order valence-corrected chi connectivity index (χ1v) is 7.24. The molecule has 0 atom stereocenters. The number of aliphatic carboxylic acids is 1. The Kier molecular flexibility index (Phi) is 6.83. The average molecular weight is 267 g/mol. The first-order chi connectivity index (χ1) is 8.61. The van der Waals surface area contributed by atoms with Crippen LogP contribution in [-0.4, -0.2) is 41.4 Å². The second-order valence-electron chi connectivity index (χ2n) is 4.24. The summed E-state index contributed by atoms with van der Waals surface area (Å²) in [6.07, 6.45) is 0.225. The first kappa shape index (κ1) is 15.1. The van der Waals surface area contributed by atoms with Gasteiger partial charge in [0.2, 0.25) is 0 Å². The van der Waals surface area contributed by atoms with Crippen molar-refractivity contribution < 1.29 is 9.90 Å². The Morgan fingerprint density at radius 3 is 2.50 bits per heavy atom. The van der Waals surface area contributed by atoms with E-state index < -0.39 is 5.97 Å². The predicted octanol–water partition coefficient (Wildman–Crippen LogP) is 2.88. The van der Waals surface area contributed by atoms with Gasteiger partial charge in [-0.25, -0.2) is 0 Å². The summed E-state index contributed by atoms with van der Waals surface area (Å²) in [7, 11) is 0. The lowest BCUT2D eigenvalue weighted by Crippen LogP contribution is -2.28. The van der Waals surface area contributed by atoms with E-state index in [1.807, 2.05) is 11.8 Å². The van der Waals surface area contributed by atoms with Gasteiger partial charge < -0.3 is 10.0 Å². The quantitative estimate of drug-likeness (QED) is 0.735. The maximum atomic E-state index is 10.5. The Morgan fingerprint density at radius 2 is 1.94 bits per heavy atom. The average Bonchev–Trinajstić information content (AvgIpc) is 2.35. The molecule has 0 fully saturated rings. The minimum atomic E-state index is -0.723. The van der Waals surface area contributed by atoms with E-state index >= 15 is 0 Å². The molecule has 1 aromatic rings. The summed E-state index contributed by atoms with van der Waals surface area (Å²) >= 11 is 1.82. The molecule has 0 unspecified atom stereocenters. The number of carbonyl (C=O) groups is 1. The molecule has 1 rings (SSSR count). The highest BCUT2D eigenvalue weighted by atomic mass is 32.2. The molecule has 1 aromatic carbocycles. The van der Waals surface area contributed by atoms with Crippen LogP contribution < -0.4 is 0 Å². The molecule has 4 heteroatoms. The normalized spacial score (nSPS) is 10.8. The molecule has 0 aliphatic rings. The summed E-state index contributed by atoms with van der Waals surface area (Å²) in [6, 6.07) is 8.50. The van der Waals surface area contributed by atoms with Gasteiger partial charge in [-0.05, 0) is 25.6 Å². The molecule has 0 bridgehead atoms. The van der Waals surface area contributed by atoms with Gasteiger partial charge in [0.05, 0.1) is 6.42 Å². The maximum Gasteiger partial charge on any atom is 0.304 e. The highest BCUT2D eigenvalue weighted by Crippen LogP contribution is 2.18. The third-order valence-corrected chi connectivity index (χ3v) is 3.78. The van der Waals surface area contributed by atoms with E-state index in [1.54, 1.807) is 0 Å². The van der Waals surface area contributed by atoms with Crippen molar-refractivity contribution in [3.8, 4) is 0 Å². The summed E-state index contributed by atoms with van der Waals surface area (Å²) in [5.41, 5.74) is 1.27. The van der Waals surface area contributed by atoms with E-state index in [-0.39, 0.29) is 6.42 Å². The second-order valence-corrected chi connectivity index (χ2v) is 5.41. The zero-order chi connectivity index (χ0) is 13.4. The van der Waals surface area contributed by atoms with Crippen molar-refractivity contribution in [1.82, 2.24) is 4.90 Å². The lowest BCUT2D eigenvalue weighted by Gasteiger charge is -2.18. The van der Waals surface area contributed by atoms with Gasteiger partial charge in [0.25, 0.3) is 0 Å². The van der Waals surface area contributed by atoms with E-state index in [1.165, 1.54) is 10.5 Å². The van der Waals surface area contributed by atoms with Crippen molar-refractivity contribution in [3.05, 3.63) is 29.8 Å². The minimum Gasteiger partial charge on any atom is -0.481 e. The number of hydrogen-bond acceptors (Lipinski definition) is 3. The van der Waals surface area contributed by atoms with Gasteiger partial charge in [0.15, 0.2) is 0 Å². The lowest BCUT2D eigenvalue weighted by atomic mass is 10.2. The Hall–Kier alpha value is -1.00. The number of aryl methyl sites for hydroxylation is 1. The van der Waals surface area contributed by atoms with Crippen LogP contribution in [0.1, 0.15) is 18.9 Å². The molecular weight excluding hydrogens is 246 g/mol. The van der Waals surface area contributed by atoms with Gasteiger partial charge in [-0.15, -0.1) is 11.8 Å². The number of carboxylic acid groups (broad SMARTS) is 1. The van der Waals surface area contributed by atoms with Crippen molar-refractivity contribution in [3.63, 3.8) is 0 Å². The Balaban J connectivity index is 2.26. The van der Waals surface area contributed by atoms with Gasteiger partial charge in [0, 0.05) is 23.7 Å². The predicted molar refractivity (Wildman–Crippen MR) is 76.3 cm³/mol. The maximum absolute atomic E-state index is 10.5. The van der Waals surface area contributed by atoms with Crippen LogP contribution in [0, 0.1) is 6.92 Å². The smallest absolute Gasteiger partial charge is 0.304 e.